The molecule has 0 bridgehead atoms. The van der Waals surface area contributed by atoms with Crippen LogP contribution in [0.3, 0.4) is 0 Å². The lowest BCUT2D eigenvalue weighted by molar-refractivity contribution is -0.143. The Morgan fingerprint density at radius 1 is 1.15 bits per heavy atom. The summed E-state index contributed by atoms with van der Waals surface area (Å²) < 4.78 is 20.5. The lowest BCUT2D eigenvalue weighted by Crippen LogP contribution is -2.43. The maximum absolute atomic E-state index is 13.4. The number of fused-ring (bicyclic) bond motifs is 1. The number of hydrogen-bond donors (Lipinski definition) is 1. The minimum atomic E-state index is -0.941. The summed E-state index contributed by atoms with van der Waals surface area (Å²) in [6.07, 6.45) is 4.34. The maximum atomic E-state index is 13.4. The van der Waals surface area contributed by atoms with Crippen LogP contribution >= 0.6 is 11.8 Å². The Morgan fingerprint density at radius 2 is 1.82 bits per heavy atom. The molecule has 0 radical (unpaired) electrons. The number of esters is 1. The van der Waals surface area contributed by atoms with Crippen LogP contribution in [0.2, 0.25) is 0 Å². The van der Waals surface area contributed by atoms with Crippen molar-refractivity contribution in [1.29, 1.82) is 0 Å². The van der Waals surface area contributed by atoms with Gasteiger partial charge in [-0.3, -0.25) is 23.5 Å². The molecular weight excluding hydrogens is 449 g/mol. The van der Waals surface area contributed by atoms with E-state index in [9.17, 15) is 18.8 Å². The van der Waals surface area contributed by atoms with Gasteiger partial charge in [0, 0.05) is 5.25 Å². The van der Waals surface area contributed by atoms with Crippen LogP contribution in [0.25, 0.3) is 11.2 Å². The topological polar surface area (TPSA) is 122 Å². The standard InChI is InChI=1S/C22H24FN5O4S/c1-2-32-16(29)12-27-17-18(24)25-22(33-15-5-3-4-6-15)26-19(17)28(21(31)20(27)30)11-13-7-9-14(23)10-8-13/h7-10,15H,2-6,11-12H2,1H3,(H2,24,25,26). The zero-order valence-electron chi connectivity index (χ0n) is 18.1. The Bertz CT molecular complexity index is 1300. The van der Waals surface area contributed by atoms with E-state index in [0.717, 1.165) is 30.3 Å². The van der Waals surface area contributed by atoms with Gasteiger partial charge in [-0.15, -0.1) is 0 Å². The number of thioether (sulfide) groups is 1. The van der Waals surface area contributed by atoms with Crippen molar-refractivity contribution in [3.63, 3.8) is 0 Å². The molecule has 33 heavy (non-hydrogen) atoms. The van der Waals surface area contributed by atoms with E-state index in [-0.39, 0.29) is 30.1 Å². The largest absolute Gasteiger partial charge is 0.465 e. The van der Waals surface area contributed by atoms with Crippen LogP contribution in [0.4, 0.5) is 10.2 Å². The molecule has 0 spiro atoms. The van der Waals surface area contributed by atoms with Crippen molar-refractivity contribution in [3.05, 3.63) is 56.4 Å². The minimum absolute atomic E-state index is 0.00486. The molecule has 1 fully saturated rings. The number of nitrogens with two attached hydrogens (primary N) is 1. The van der Waals surface area contributed by atoms with E-state index in [1.165, 1.54) is 40.6 Å². The van der Waals surface area contributed by atoms with Gasteiger partial charge in [0.25, 0.3) is 0 Å². The number of nitrogen functional groups attached to an aromatic ring is 1. The van der Waals surface area contributed by atoms with E-state index >= 15 is 0 Å². The molecule has 174 valence electrons. The van der Waals surface area contributed by atoms with Crippen molar-refractivity contribution in [1.82, 2.24) is 19.1 Å². The van der Waals surface area contributed by atoms with Gasteiger partial charge in [-0.05, 0) is 37.5 Å². The molecule has 0 amide bonds. The third-order valence-electron chi connectivity index (χ3n) is 5.49. The Hall–Kier alpha value is -3.21. The monoisotopic (exact) mass is 473 g/mol. The van der Waals surface area contributed by atoms with Crippen LogP contribution in [0.1, 0.15) is 38.2 Å². The van der Waals surface area contributed by atoms with E-state index in [2.05, 4.69) is 9.97 Å². The van der Waals surface area contributed by atoms with Crippen molar-refractivity contribution in [3.8, 4) is 0 Å². The van der Waals surface area contributed by atoms with Crippen LogP contribution < -0.4 is 16.9 Å². The Morgan fingerprint density at radius 3 is 2.48 bits per heavy atom. The maximum Gasteiger partial charge on any atom is 0.326 e. The summed E-state index contributed by atoms with van der Waals surface area (Å²) in [6, 6.07) is 5.59. The number of ether oxygens (including phenoxy) is 1. The fourth-order valence-corrected chi connectivity index (χ4v) is 5.09. The molecule has 2 N–H and O–H groups in total. The van der Waals surface area contributed by atoms with E-state index in [1.54, 1.807) is 6.92 Å². The Balaban J connectivity index is 1.89. The first-order valence-electron chi connectivity index (χ1n) is 10.7. The summed E-state index contributed by atoms with van der Waals surface area (Å²) in [4.78, 5) is 47.1. The predicted octanol–water partition coefficient (Wildman–Crippen LogP) is 2.32. The molecule has 0 aliphatic heterocycles. The lowest BCUT2D eigenvalue weighted by Gasteiger charge is -2.16. The third kappa shape index (κ3) is 4.92. The molecule has 9 nitrogen and oxygen atoms in total. The molecular formula is C22H24FN5O4S. The van der Waals surface area contributed by atoms with E-state index in [1.807, 2.05) is 0 Å². The second-order valence-corrected chi connectivity index (χ2v) is 9.07. The van der Waals surface area contributed by atoms with Gasteiger partial charge in [-0.2, -0.15) is 0 Å². The third-order valence-corrected chi connectivity index (χ3v) is 6.69. The normalized spacial score (nSPS) is 14.1. The SMILES string of the molecule is CCOC(=O)Cn1c(=O)c(=O)n(Cc2ccc(F)cc2)c2nc(SC3CCCC3)nc(N)c21. The highest BCUT2D eigenvalue weighted by atomic mass is 32.2. The molecule has 1 aliphatic rings. The molecule has 3 aromatic rings. The number of halogens is 1. The van der Waals surface area contributed by atoms with Crippen LogP contribution in [-0.4, -0.2) is 36.9 Å². The van der Waals surface area contributed by atoms with Gasteiger partial charge in [0.15, 0.2) is 16.6 Å². The first kappa shape index (κ1) is 23.0. The molecule has 2 heterocycles. The zero-order valence-corrected chi connectivity index (χ0v) is 18.9. The second-order valence-electron chi connectivity index (χ2n) is 7.80. The fraction of sp³-hybridized carbons (Fsp3) is 0.409. The highest BCUT2D eigenvalue weighted by Crippen LogP contribution is 2.34. The zero-order chi connectivity index (χ0) is 23.5. The Kier molecular flexibility index (Phi) is 6.77. The smallest absolute Gasteiger partial charge is 0.326 e. The van der Waals surface area contributed by atoms with Gasteiger partial charge in [-0.25, -0.2) is 14.4 Å². The van der Waals surface area contributed by atoms with Crippen LogP contribution in [0.15, 0.2) is 39.0 Å². The highest BCUT2D eigenvalue weighted by Gasteiger charge is 2.23. The number of rotatable bonds is 7. The minimum Gasteiger partial charge on any atom is -0.465 e. The van der Waals surface area contributed by atoms with Gasteiger partial charge in [0.05, 0.1) is 13.2 Å². The van der Waals surface area contributed by atoms with Crippen LogP contribution in [0, 0.1) is 5.82 Å². The predicted molar refractivity (Wildman–Crippen MR) is 123 cm³/mol. The van der Waals surface area contributed by atoms with Crippen molar-refractivity contribution < 1.29 is 13.9 Å². The number of hydrogen-bond acceptors (Lipinski definition) is 8. The van der Waals surface area contributed by atoms with Crippen molar-refractivity contribution in [2.24, 2.45) is 0 Å². The van der Waals surface area contributed by atoms with E-state index < -0.39 is 29.4 Å². The summed E-state index contributed by atoms with van der Waals surface area (Å²) in [7, 11) is 0. The quantitative estimate of drug-likeness (QED) is 0.315. The first-order valence-corrected chi connectivity index (χ1v) is 11.6. The summed E-state index contributed by atoms with van der Waals surface area (Å²) >= 11 is 1.49. The summed E-state index contributed by atoms with van der Waals surface area (Å²) in [5.41, 5.74) is 5.26. The van der Waals surface area contributed by atoms with Gasteiger partial charge in [-0.1, -0.05) is 36.7 Å². The molecule has 0 atom stereocenters. The van der Waals surface area contributed by atoms with E-state index in [4.69, 9.17) is 10.5 Å². The lowest BCUT2D eigenvalue weighted by atomic mass is 10.2. The fourth-order valence-electron chi connectivity index (χ4n) is 3.93. The van der Waals surface area contributed by atoms with Gasteiger partial charge in [0.1, 0.15) is 17.9 Å². The second kappa shape index (κ2) is 9.74. The van der Waals surface area contributed by atoms with Gasteiger partial charge in [0.2, 0.25) is 0 Å². The number of carbonyl (C=O) groups excluding carboxylic acids is 1. The Labute approximate surface area is 192 Å². The molecule has 2 aromatic heterocycles. The van der Waals surface area contributed by atoms with Crippen molar-refractivity contribution >= 4 is 34.7 Å². The average Bonchev–Trinajstić information content (AvgIpc) is 3.28. The summed E-state index contributed by atoms with van der Waals surface area (Å²) in [5.74, 6) is -1.10. The number of anilines is 1. The summed E-state index contributed by atoms with van der Waals surface area (Å²) in [6.45, 7) is 1.26. The highest BCUT2D eigenvalue weighted by molar-refractivity contribution is 7.99. The van der Waals surface area contributed by atoms with Crippen molar-refractivity contribution in [2.45, 2.75) is 56.1 Å². The molecule has 11 heteroatoms. The summed E-state index contributed by atoms with van der Waals surface area (Å²) in [5, 5.41) is 0.755. The molecule has 1 aliphatic carbocycles. The number of benzene rings is 1. The van der Waals surface area contributed by atoms with Crippen molar-refractivity contribution in [2.75, 3.05) is 12.3 Å². The molecule has 1 aromatic carbocycles. The van der Waals surface area contributed by atoms with Gasteiger partial charge >= 0.3 is 17.1 Å². The average molecular weight is 474 g/mol. The molecule has 4 rings (SSSR count). The van der Waals surface area contributed by atoms with E-state index in [0.29, 0.717) is 16.0 Å². The van der Waals surface area contributed by atoms with Gasteiger partial charge < -0.3 is 10.5 Å². The number of aromatic nitrogens is 4. The first-order chi connectivity index (χ1) is 15.9. The molecule has 1 saturated carbocycles. The molecule has 0 saturated heterocycles. The number of carbonyl (C=O) groups is 1. The molecule has 0 unspecified atom stereocenters. The van der Waals surface area contributed by atoms with Crippen LogP contribution in [0.5, 0.6) is 0 Å². The van der Waals surface area contributed by atoms with Crippen LogP contribution in [-0.2, 0) is 22.6 Å². The number of nitrogens with zero attached hydrogens (tertiary/aromatic N) is 4.